The van der Waals surface area contributed by atoms with E-state index in [1.165, 1.54) is 37.7 Å². The van der Waals surface area contributed by atoms with Crippen molar-refractivity contribution < 1.29 is 53.1 Å². The number of hydrogen-bond donors (Lipinski definition) is 10. The molecule has 0 aliphatic carbocycles. The highest BCUT2D eigenvalue weighted by molar-refractivity contribution is 5.98. The van der Waals surface area contributed by atoms with Gasteiger partial charge in [-0.1, -0.05) is 67.7 Å². The molecule has 10 atom stereocenters. The van der Waals surface area contributed by atoms with Crippen LogP contribution in [0.3, 0.4) is 0 Å². The van der Waals surface area contributed by atoms with Gasteiger partial charge in [0.15, 0.2) is 5.96 Å². The highest BCUT2D eigenvalue weighted by Crippen LogP contribution is 2.21. The van der Waals surface area contributed by atoms with Gasteiger partial charge in [0.25, 0.3) is 0 Å². The Kier molecular flexibility index (Phi) is 27.8. The zero-order chi connectivity index (χ0) is 54.3. The lowest BCUT2D eigenvalue weighted by Gasteiger charge is -2.33. The van der Waals surface area contributed by atoms with Crippen LogP contribution in [-0.2, 0) is 47.9 Å². The maximum atomic E-state index is 14.2. The molecule has 1 fully saturated rings. The summed E-state index contributed by atoms with van der Waals surface area (Å²) in [6.07, 6.45) is 1.23. The Balaban J connectivity index is 3.34. The Morgan fingerprint density at radius 2 is 1.25 bits per heavy atom. The smallest absolute Gasteiger partial charge is 0.245 e. The Morgan fingerprint density at radius 3 is 1.76 bits per heavy atom. The predicted octanol–water partition coefficient (Wildman–Crippen LogP) is -2.06. The van der Waals surface area contributed by atoms with Crippen LogP contribution in [-0.4, -0.2) is 180 Å². The molecule has 0 aromatic carbocycles. The zero-order valence-corrected chi connectivity index (χ0v) is 44.0. The first-order valence-corrected chi connectivity index (χ1v) is 24.8. The second kappa shape index (κ2) is 31.3. The van der Waals surface area contributed by atoms with Gasteiger partial charge in [-0.3, -0.25) is 52.9 Å². The summed E-state index contributed by atoms with van der Waals surface area (Å²) in [4.78, 5) is 142. The van der Waals surface area contributed by atoms with Gasteiger partial charge in [-0.05, 0) is 63.7 Å². The molecule has 404 valence electrons. The summed E-state index contributed by atoms with van der Waals surface area (Å²) < 4.78 is 0. The number of aliphatic hydroxyl groups excluding tert-OH is 1. The fourth-order valence-electron chi connectivity index (χ4n) is 7.94. The van der Waals surface area contributed by atoms with E-state index in [1.54, 1.807) is 48.5 Å². The second-order valence-corrected chi connectivity index (χ2v) is 18.8. The number of hydrogen-bond acceptors (Lipinski definition) is 12. The second-order valence-electron chi connectivity index (χ2n) is 18.8. The lowest BCUT2D eigenvalue weighted by atomic mass is 9.95. The minimum absolute atomic E-state index is 0.0858. The number of likely N-dealkylation sites (N-methyl/N-ethyl adjacent to an activating group) is 3. The van der Waals surface area contributed by atoms with Gasteiger partial charge in [-0.2, -0.15) is 0 Å². The first kappa shape index (κ1) is 62.9. The van der Waals surface area contributed by atoms with Gasteiger partial charge < -0.3 is 68.5 Å². The van der Waals surface area contributed by atoms with Crippen LogP contribution in [0.5, 0.6) is 0 Å². The molecule has 0 bridgehead atoms. The van der Waals surface area contributed by atoms with Crippen LogP contribution in [0.15, 0.2) is 4.99 Å². The molecule has 0 unspecified atom stereocenters. The lowest BCUT2D eigenvalue weighted by molar-refractivity contribution is -0.142. The number of aliphatic imine (C=N–C) groups is 1. The average Bonchev–Trinajstić information content (AvgIpc) is 3.81. The summed E-state index contributed by atoms with van der Waals surface area (Å²) in [6, 6.07) is -8.26. The zero-order valence-electron chi connectivity index (χ0n) is 44.0. The van der Waals surface area contributed by atoms with Crippen LogP contribution >= 0.6 is 0 Å². The molecule has 12 N–H and O–H groups in total. The average molecular weight is 1010 g/mol. The van der Waals surface area contributed by atoms with Crippen LogP contribution in [0, 0.1) is 17.8 Å². The van der Waals surface area contributed by atoms with Crippen LogP contribution < -0.4 is 48.7 Å². The lowest BCUT2D eigenvalue weighted by Crippen LogP contribution is -2.63. The van der Waals surface area contributed by atoms with Crippen LogP contribution in [0.25, 0.3) is 0 Å². The highest BCUT2D eigenvalue weighted by Gasteiger charge is 2.40. The molecule has 0 spiro atoms. The monoisotopic (exact) mass is 1010 g/mol. The molecule has 1 aliphatic heterocycles. The number of nitrogens with one attached hydrogen (secondary N) is 7. The fourth-order valence-corrected chi connectivity index (χ4v) is 7.94. The fraction of sp³-hybridized carbons (Fsp3) is 0.766. The molecule has 0 aromatic rings. The molecule has 0 saturated carbocycles. The predicted molar refractivity (Wildman–Crippen MR) is 266 cm³/mol. The van der Waals surface area contributed by atoms with Crippen molar-refractivity contribution in [2.45, 2.75) is 169 Å². The summed E-state index contributed by atoms with van der Waals surface area (Å²) in [5, 5.41) is 29.5. The molecule has 0 radical (unpaired) electrons. The van der Waals surface area contributed by atoms with Crippen molar-refractivity contribution in [3.63, 3.8) is 0 Å². The summed E-state index contributed by atoms with van der Waals surface area (Å²) in [6.45, 7) is 16.6. The first-order chi connectivity index (χ1) is 33.3. The topological polar surface area (TPSA) is 349 Å². The molecule has 10 amide bonds. The quantitative estimate of drug-likeness (QED) is 0.0211. The third-order valence-corrected chi connectivity index (χ3v) is 12.7. The number of carbonyl (C=O) groups excluding carboxylic acids is 10. The van der Waals surface area contributed by atoms with Gasteiger partial charge in [-0.25, -0.2) is 0 Å². The molecule has 24 nitrogen and oxygen atoms in total. The molecule has 1 heterocycles. The third kappa shape index (κ3) is 20.3. The van der Waals surface area contributed by atoms with E-state index in [2.05, 4.69) is 42.2 Å². The molecule has 71 heavy (non-hydrogen) atoms. The number of rotatable bonds is 30. The van der Waals surface area contributed by atoms with E-state index < -0.39 is 120 Å². The van der Waals surface area contributed by atoms with E-state index in [-0.39, 0.29) is 43.7 Å². The standard InChI is InChI=1S/C47H85N13O11/c1-13-19-31(40(65)55-36(27(7)14-2)42(67)54-32(20-17-22-51-47(48)49)46(71)60-23-18-21-33(60)41(66)50-16-4)53-44(69)38(29(9)61)57-43(68)37(28(8)15-3)56-45(70)39(26(5)6)59(12)35(64)24-52-34(63)25-58(11)30(10)62/h26-29,31-33,36-39,61H,13-25H2,1-12H3,(H,50,66)(H,52,63)(H,53,69)(H,54,67)(H,55,65)(H,56,70)(H,57,68)(H4,48,49,51)/t27-,28-,29+,31-,32-,33-,36-,37-,38-,39+/m0/s1. The summed E-state index contributed by atoms with van der Waals surface area (Å²) in [5.41, 5.74) is 11.0. The van der Waals surface area contributed by atoms with Gasteiger partial charge in [0.2, 0.25) is 59.1 Å². The molecule has 0 aromatic heterocycles. The van der Waals surface area contributed by atoms with Gasteiger partial charge in [-0.15, -0.1) is 0 Å². The third-order valence-electron chi connectivity index (χ3n) is 12.7. The minimum Gasteiger partial charge on any atom is -0.391 e. The number of carbonyl (C=O) groups is 10. The van der Waals surface area contributed by atoms with Crippen molar-refractivity contribution in [2.24, 2.45) is 34.2 Å². The Labute approximate surface area is 419 Å². The Hall–Kier alpha value is -6.07. The van der Waals surface area contributed by atoms with Crippen LogP contribution in [0.1, 0.15) is 121 Å². The minimum atomic E-state index is -1.62. The van der Waals surface area contributed by atoms with E-state index in [0.29, 0.717) is 51.6 Å². The van der Waals surface area contributed by atoms with Crippen molar-refractivity contribution in [3.8, 4) is 0 Å². The number of likely N-dealkylation sites (tertiary alicyclic amines) is 1. The van der Waals surface area contributed by atoms with E-state index in [0.717, 1.165) is 4.90 Å². The van der Waals surface area contributed by atoms with Crippen LogP contribution in [0.2, 0.25) is 0 Å². The number of nitrogens with zero attached hydrogens (tertiary/aromatic N) is 4. The summed E-state index contributed by atoms with van der Waals surface area (Å²) >= 11 is 0. The van der Waals surface area contributed by atoms with Crippen LogP contribution in [0.4, 0.5) is 0 Å². The molecule has 1 saturated heterocycles. The van der Waals surface area contributed by atoms with E-state index >= 15 is 0 Å². The van der Waals surface area contributed by atoms with Crippen molar-refractivity contribution in [2.75, 3.05) is 46.8 Å². The molecular formula is C47H85N13O11. The van der Waals surface area contributed by atoms with Gasteiger partial charge >= 0.3 is 0 Å². The van der Waals surface area contributed by atoms with Crippen molar-refractivity contribution in [3.05, 3.63) is 0 Å². The number of guanidine groups is 1. The number of amides is 10. The Morgan fingerprint density at radius 1 is 0.718 bits per heavy atom. The van der Waals surface area contributed by atoms with Crippen molar-refractivity contribution in [1.82, 2.24) is 51.9 Å². The maximum absolute atomic E-state index is 14.2. The van der Waals surface area contributed by atoms with Gasteiger partial charge in [0, 0.05) is 40.7 Å². The number of nitrogens with two attached hydrogens (primary N) is 2. The molecule has 24 heteroatoms. The van der Waals surface area contributed by atoms with E-state index in [4.69, 9.17) is 11.5 Å². The summed E-state index contributed by atoms with van der Waals surface area (Å²) in [7, 11) is 2.81. The van der Waals surface area contributed by atoms with Gasteiger partial charge in [0.1, 0.15) is 42.3 Å². The Bertz CT molecular complexity index is 1860. The van der Waals surface area contributed by atoms with E-state index in [9.17, 15) is 53.1 Å². The highest BCUT2D eigenvalue weighted by atomic mass is 16.3. The van der Waals surface area contributed by atoms with Crippen molar-refractivity contribution >= 4 is 65.0 Å². The molecule has 1 rings (SSSR count). The van der Waals surface area contributed by atoms with Crippen molar-refractivity contribution in [1.29, 1.82) is 0 Å². The van der Waals surface area contributed by atoms with E-state index in [1.807, 2.05) is 6.92 Å². The molecule has 1 aliphatic rings. The largest absolute Gasteiger partial charge is 0.391 e. The summed E-state index contributed by atoms with van der Waals surface area (Å²) in [5.74, 6) is -7.79. The first-order valence-electron chi connectivity index (χ1n) is 24.8. The SMILES string of the molecule is CCC[C@H](NC(=O)[C@@H](NC(=O)[C@@H](NC(=O)[C@@H](C(C)C)N(C)C(=O)CNC(=O)CN(C)C(C)=O)[C@@H](C)CC)[C@@H](C)O)C(=O)N[C@H](C(=O)N[C@@H](CCCN=C(N)N)C(=O)N1CCC[C@H]1C(=O)NCC)[C@@H](C)CC. The maximum Gasteiger partial charge on any atom is 0.245 e. The molecular weight excluding hydrogens is 923 g/mol. The normalized spacial score (nSPS) is 17.0. The number of aliphatic hydroxyl groups is 1. The van der Waals surface area contributed by atoms with Gasteiger partial charge in [0.05, 0.1) is 19.2 Å².